The summed E-state index contributed by atoms with van der Waals surface area (Å²) in [5.41, 5.74) is 0.641. The molecule has 1 fully saturated rings. The zero-order valence-electron chi connectivity index (χ0n) is 13.6. The van der Waals surface area contributed by atoms with Gasteiger partial charge in [0.25, 0.3) is 0 Å². The van der Waals surface area contributed by atoms with Gasteiger partial charge in [0.2, 0.25) is 0 Å². The Bertz CT molecular complexity index is 594. The molecule has 0 spiro atoms. The minimum atomic E-state index is -0.684. The number of fused-ring (bicyclic) bond motifs is 1. The maximum Gasteiger partial charge on any atom is 0.306 e. The van der Waals surface area contributed by atoms with Crippen LogP contribution in [0.5, 0.6) is 5.75 Å². The third kappa shape index (κ3) is 3.66. The van der Waals surface area contributed by atoms with E-state index >= 15 is 0 Å². The van der Waals surface area contributed by atoms with E-state index in [4.69, 9.17) is 9.84 Å². The summed E-state index contributed by atoms with van der Waals surface area (Å²) in [7, 11) is 0. The second-order valence-corrected chi connectivity index (χ2v) is 7.35. The third-order valence-electron chi connectivity index (χ3n) is 4.95. The number of halogens is 1. The topological polar surface area (TPSA) is 58.6 Å². The molecule has 4 nitrogen and oxygen atoms in total. The normalized spacial score (nSPS) is 29.4. The SMILES string of the molecule is CC1(C)CC(NC2CCC(C(=O)O)CC2)c2ccc(F)cc2O1. The fourth-order valence-corrected chi connectivity index (χ4v) is 3.77. The second-order valence-electron chi connectivity index (χ2n) is 7.35. The van der Waals surface area contributed by atoms with Gasteiger partial charge in [-0.15, -0.1) is 0 Å². The maximum atomic E-state index is 13.5. The van der Waals surface area contributed by atoms with Crippen molar-refractivity contribution in [2.24, 2.45) is 5.92 Å². The van der Waals surface area contributed by atoms with Gasteiger partial charge >= 0.3 is 5.97 Å². The standard InChI is InChI=1S/C18H24FNO3/c1-18(2)10-15(14-8-5-12(19)9-16(14)23-18)20-13-6-3-11(4-7-13)17(21)22/h5,8-9,11,13,15,20H,3-4,6-7,10H2,1-2H3,(H,21,22). The highest BCUT2D eigenvalue weighted by Crippen LogP contribution is 2.40. The highest BCUT2D eigenvalue weighted by Gasteiger charge is 2.36. The van der Waals surface area contributed by atoms with Crippen molar-refractivity contribution in [3.05, 3.63) is 29.6 Å². The fraction of sp³-hybridized carbons (Fsp3) is 0.611. The molecule has 23 heavy (non-hydrogen) atoms. The van der Waals surface area contributed by atoms with E-state index in [1.165, 1.54) is 12.1 Å². The minimum absolute atomic E-state index is 0.112. The summed E-state index contributed by atoms with van der Waals surface area (Å²) in [4.78, 5) is 11.1. The number of nitrogens with one attached hydrogen (secondary N) is 1. The monoisotopic (exact) mass is 321 g/mol. The van der Waals surface area contributed by atoms with Crippen LogP contribution in [0.2, 0.25) is 0 Å². The summed E-state index contributed by atoms with van der Waals surface area (Å²) in [6.07, 6.45) is 3.98. The van der Waals surface area contributed by atoms with Crippen LogP contribution in [-0.2, 0) is 4.79 Å². The lowest BCUT2D eigenvalue weighted by atomic mass is 9.84. The Balaban J connectivity index is 1.72. The van der Waals surface area contributed by atoms with Crippen molar-refractivity contribution in [1.29, 1.82) is 0 Å². The molecule has 1 atom stereocenters. The van der Waals surface area contributed by atoms with E-state index < -0.39 is 5.97 Å². The van der Waals surface area contributed by atoms with Gasteiger partial charge < -0.3 is 15.2 Å². The number of benzene rings is 1. The molecule has 1 unspecified atom stereocenters. The van der Waals surface area contributed by atoms with Crippen molar-refractivity contribution in [3.8, 4) is 5.75 Å². The summed E-state index contributed by atoms with van der Waals surface area (Å²) in [5, 5.41) is 12.8. The predicted octanol–water partition coefficient (Wildman–Crippen LogP) is 3.66. The van der Waals surface area contributed by atoms with Crippen molar-refractivity contribution in [2.45, 2.75) is 63.6 Å². The van der Waals surface area contributed by atoms with Gasteiger partial charge in [-0.25, -0.2) is 4.39 Å². The zero-order valence-corrected chi connectivity index (χ0v) is 13.6. The number of ether oxygens (including phenoxy) is 1. The van der Waals surface area contributed by atoms with Crippen LogP contribution in [0.25, 0.3) is 0 Å². The van der Waals surface area contributed by atoms with Gasteiger partial charge in [0, 0.05) is 30.1 Å². The maximum absolute atomic E-state index is 13.5. The summed E-state index contributed by atoms with van der Waals surface area (Å²) in [6.45, 7) is 4.02. The quantitative estimate of drug-likeness (QED) is 0.892. The lowest BCUT2D eigenvalue weighted by Crippen LogP contribution is -2.44. The van der Waals surface area contributed by atoms with E-state index in [9.17, 15) is 9.18 Å². The van der Waals surface area contributed by atoms with E-state index in [0.717, 1.165) is 37.7 Å². The van der Waals surface area contributed by atoms with Gasteiger partial charge in [0.05, 0.1) is 5.92 Å². The van der Waals surface area contributed by atoms with Crippen molar-refractivity contribution >= 4 is 5.97 Å². The van der Waals surface area contributed by atoms with Crippen molar-refractivity contribution in [2.75, 3.05) is 0 Å². The Morgan fingerprint density at radius 1 is 1.30 bits per heavy atom. The molecule has 1 aromatic carbocycles. The highest BCUT2D eigenvalue weighted by molar-refractivity contribution is 5.70. The molecule has 5 heteroatoms. The lowest BCUT2D eigenvalue weighted by Gasteiger charge is -2.40. The van der Waals surface area contributed by atoms with Crippen LogP contribution in [0.3, 0.4) is 0 Å². The van der Waals surface area contributed by atoms with E-state index in [-0.39, 0.29) is 23.4 Å². The number of aliphatic carboxylic acids is 1. The molecule has 0 bridgehead atoms. The van der Waals surface area contributed by atoms with Crippen molar-refractivity contribution in [1.82, 2.24) is 5.32 Å². The second kappa shape index (κ2) is 6.11. The predicted molar refractivity (Wildman–Crippen MR) is 85.0 cm³/mol. The first-order chi connectivity index (χ1) is 10.8. The van der Waals surface area contributed by atoms with Crippen LogP contribution in [-0.4, -0.2) is 22.7 Å². The molecular formula is C18H24FNO3. The third-order valence-corrected chi connectivity index (χ3v) is 4.95. The summed E-state index contributed by atoms with van der Waals surface area (Å²) < 4.78 is 19.4. The number of carboxylic acid groups (broad SMARTS) is 1. The van der Waals surface area contributed by atoms with Crippen LogP contribution < -0.4 is 10.1 Å². The van der Waals surface area contributed by atoms with Gasteiger partial charge in [-0.3, -0.25) is 4.79 Å². The number of hydrogen-bond donors (Lipinski definition) is 2. The Morgan fingerprint density at radius 2 is 2.00 bits per heavy atom. The molecule has 1 saturated carbocycles. The molecule has 3 rings (SSSR count). The van der Waals surface area contributed by atoms with Crippen LogP contribution in [0.4, 0.5) is 4.39 Å². The molecule has 0 saturated heterocycles. The molecule has 1 heterocycles. The van der Waals surface area contributed by atoms with Crippen molar-refractivity contribution < 1.29 is 19.0 Å². The largest absolute Gasteiger partial charge is 0.487 e. The Hall–Kier alpha value is -1.62. The van der Waals surface area contributed by atoms with Gasteiger partial charge in [-0.2, -0.15) is 0 Å². The van der Waals surface area contributed by atoms with E-state index in [0.29, 0.717) is 11.8 Å². The molecule has 2 aliphatic rings. The minimum Gasteiger partial charge on any atom is -0.487 e. The summed E-state index contributed by atoms with van der Waals surface area (Å²) in [6, 6.07) is 5.13. The molecule has 2 N–H and O–H groups in total. The van der Waals surface area contributed by atoms with Crippen LogP contribution in [0.15, 0.2) is 18.2 Å². The Labute approximate surface area is 136 Å². The molecule has 0 amide bonds. The summed E-state index contributed by atoms with van der Waals surface area (Å²) >= 11 is 0. The molecule has 1 aromatic rings. The molecule has 126 valence electrons. The van der Waals surface area contributed by atoms with E-state index in [1.54, 1.807) is 6.07 Å². The number of carboxylic acids is 1. The van der Waals surface area contributed by atoms with Crippen LogP contribution >= 0.6 is 0 Å². The Kier molecular flexibility index (Phi) is 4.32. The van der Waals surface area contributed by atoms with E-state index in [1.807, 2.05) is 13.8 Å². The number of carbonyl (C=O) groups is 1. The highest BCUT2D eigenvalue weighted by atomic mass is 19.1. The Morgan fingerprint density at radius 3 is 2.65 bits per heavy atom. The van der Waals surface area contributed by atoms with Gasteiger partial charge in [-0.1, -0.05) is 6.07 Å². The first kappa shape index (κ1) is 16.2. The van der Waals surface area contributed by atoms with Crippen LogP contribution in [0.1, 0.15) is 57.6 Å². The number of rotatable bonds is 3. The van der Waals surface area contributed by atoms with E-state index in [2.05, 4.69) is 5.32 Å². The smallest absolute Gasteiger partial charge is 0.306 e. The molecular weight excluding hydrogens is 297 g/mol. The first-order valence-corrected chi connectivity index (χ1v) is 8.31. The molecule has 0 radical (unpaired) electrons. The average Bonchev–Trinajstić information content (AvgIpc) is 2.46. The number of hydrogen-bond acceptors (Lipinski definition) is 3. The molecule has 1 aliphatic carbocycles. The zero-order chi connectivity index (χ0) is 16.6. The fourth-order valence-electron chi connectivity index (χ4n) is 3.77. The first-order valence-electron chi connectivity index (χ1n) is 8.31. The molecule has 0 aromatic heterocycles. The van der Waals surface area contributed by atoms with Gasteiger partial charge in [0.1, 0.15) is 17.2 Å². The van der Waals surface area contributed by atoms with Gasteiger partial charge in [0.15, 0.2) is 0 Å². The van der Waals surface area contributed by atoms with Gasteiger partial charge in [-0.05, 0) is 45.6 Å². The van der Waals surface area contributed by atoms with Crippen LogP contribution in [0, 0.1) is 11.7 Å². The molecule has 1 aliphatic heterocycles. The average molecular weight is 321 g/mol. The summed E-state index contributed by atoms with van der Waals surface area (Å²) in [5.74, 6) is -0.572. The van der Waals surface area contributed by atoms with Crippen molar-refractivity contribution in [3.63, 3.8) is 0 Å². The lowest BCUT2D eigenvalue weighted by molar-refractivity contribution is -0.142.